The summed E-state index contributed by atoms with van der Waals surface area (Å²) < 4.78 is 0. The van der Waals surface area contributed by atoms with Crippen LogP contribution in [0.25, 0.3) is 0 Å². The molecule has 0 amide bonds. The molecular formula is C9H15N. The van der Waals surface area contributed by atoms with Crippen molar-refractivity contribution in [2.24, 2.45) is 11.8 Å². The van der Waals surface area contributed by atoms with E-state index in [-0.39, 0.29) is 0 Å². The first-order chi connectivity index (χ1) is 4.88. The average molecular weight is 137 g/mol. The van der Waals surface area contributed by atoms with Crippen LogP contribution in [0.2, 0.25) is 0 Å². The summed E-state index contributed by atoms with van der Waals surface area (Å²) in [5.41, 5.74) is 1.09. The highest BCUT2D eigenvalue weighted by atomic mass is 14.5. The Hall–Kier alpha value is -0.330. The molecule has 0 aromatic heterocycles. The van der Waals surface area contributed by atoms with Gasteiger partial charge in [0.05, 0.1) is 0 Å². The van der Waals surface area contributed by atoms with Crippen molar-refractivity contribution in [3.8, 4) is 0 Å². The van der Waals surface area contributed by atoms with Crippen LogP contribution in [0.4, 0.5) is 0 Å². The van der Waals surface area contributed by atoms with Gasteiger partial charge in [0.2, 0.25) is 0 Å². The van der Waals surface area contributed by atoms with E-state index >= 15 is 0 Å². The normalized spacial score (nSPS) is 39.8. The Bertz CT molecular complexity index is 127. The fourth-order valence-electron chi connectivity index (χ4n) is 2.47. The van der Waals surface area contributed by atoms with E-state index in [1.165, 1.54) is 38.5 Å². The topological polar surface area (TPSA) is 23.9 Å². The van der Waals surface area contributed by atoms with Gasteiger partial charge in [-0.2, -0.15) is 0 Å². The lowest BCUT2D eigenvalue weighted by Gasteiger charge is -2.35. The molecule has 10 heavy (non-hydrogen) atoms. The summed E-state index contributed by atoms with van der Waals surface area (Å²) in [4.78, 5) is 0. The van der Waals surface area contributed by atoms with Gasteiger partial charge in [-0.05, 0) is 37.5 Å². The molecule has 0 spiro atoms. The third-order valence-corrected chi connectivity index (χ3v) is 3.09. The number of hydrogen-bond acceptors (Lipinski definition) is 1. The van der Waals surface area contributed by atoms with Crippen molar-refractivity contribution in [2.75, 3.05) is 0 Å². The number of hydrogen-bond donors (Lipinski definition) is 1. The Labute approximate surface area is 62.3 Å². The van der Waals surface area contributed by atoms with Gasteiger partial charge >= 0.3 is 0 Å². The molecule has 0 aliphatic heterocycles. The van der Waals surface area contributed by atoms with Crippen molar-refractivity contribution in [3.05, 3.63) is 0 Å². The first-order valence-electron chi connectivity index (χ1n) is 4.46. The lowest BCUT2D eigenvalue weighted by Crippen LogP contribution is -2.31. The maximum atomic E-state index is 7.80. The van der Waals surface area contributed by atoms with Crippen molar-refractivity contribution in [3.63, 3.8) is 0 Å². The van der Waals surface area contributed by atoms with Gasteiger partial charge in [0.25, 0.3) is 0 Å². The van der Waals surface area contributed by atoms with E-state index in [2.05, 4.69) is 0 Å². The van der Waals surface area contributed by atoms with Gasteiger partial charge in [-0.15, -0.1) is 0 Å². The molecule has 0 heterocycles. The predicted octanol–water partition coefficient (Wildman–Crippen LogP) is 2.61. The van der Waals surface area contributed by atoms with Crippen LogP contribution < -0.4 is 0 Å². The molecule has 0 aromatic carbocycles. The molecule has 2 bridgehead atoms. The Morgan fingerprint density at radius 1 is 0.900 bits per heavy atom. The molecule has 56 valence electrons. The number of rotatable bonds is 0. The van der Waals surface area contributed by atoms with Crippen LogP contribution in [0.3, 0.4) is 0 Å². The second-order valence-corrected chi connectivity index (χ2v) is 3.71. The highest BCUT2D eigenvalue weighted by Gasteiger charge is 2.30. The molecule has 2 aliphatic carbocycles. The van der Waals surface area contributed by atoms with Gasteiger partial charge in [-0.25, -0.2) is 0 Å². The molecule has 0 saturated heterocycles. The molecule has 1 nitrogen and oxygen atoms in total. The van der Waals surface area contributed by atoms with Crippen LogP contribution in [-0.2, 0) is 0 Å². The molecular weight excluding hydrogens is 122 g/mol. The standard InChI is InChI=1S/C9H15N/c10-9-7-3-1-4-8(9)6-2-5-7/h7-8,10H,1-6H2. The van der Waals surface area contributed by atoms with Gasteiger partial charge in [0, 0.05) is 5.71 Å². The maximum Gasteiger partial charge on any atom is 0.0151 e. The highest BCUT2D eigenvalue weighted by Crippen LogP contribution is 2.36. The summed E-state index contributed by atoms with van der Waals surface area (Å²) in [6.07, 6.45) is 8.03. The first-order valence-corrected chi connectivity index (χ1v) is 4.46. The summed E-state index contributed by atoms with van der Waals surface area (Å²) in [6.45, 7) is 0. The SMILES string of the molecule is N=C1C2CCCC1CCC2. The number of fused-ring (bicyclic) bond motifs is 2. The van der Waals surface area contributed by atoms with E-state index in [0.29, 0.717) is 11.8 Å². The minimum atomic E-state index is 0.701. The van der Waals surface area contributed by atoms with Crippen LogP contribution in [0, 0.1) is 17.2 Å². The van der Waals surface area contributed by atoms with E-state index in [0.717, 1.165) is 5.71 Å². The van der Waals surface area contributed by atoms with E-state index < -0.39 is 0 Å². The summed E-state index contributed by atoms with van der Waals surface area (Å²) in [7, 11) is 0. The molecule has 0 radical (unpaired) electrons. The Morgan fingerprint density at radius 3 is 1.60 bits per heavy atom. The van der Waals surface area contributed by atoms with Gasteiger partial charge in [0.1, 0.15) is 0 Å². The maximum absolute atomic E-state index is 7.80. The van der Waals surface area contributed by atoms with Crippen LogP contribution in [0.5, 0.6) is 0 Å². The van der Waals surface area contributed by atoms with Crippen molar-refractivity contribution in [1.29, 1.82) is 5.41 Å². The molecule has 0 aromatic rings. The second-order valence-electron chi connectivity index (χ2n) is 3.71. The Morgan fingerprint density at radius 2 is 1.30 bits per heavy atom. The molecule has 2 fully saturated rings. The minimum Gasteiger partial charge on any atom is -0.309 e. The fourth-order valence-corrected chi connectivity index (χ4v) is 2.47. The minimum absolute atomic E-state index is 0.701. The van der Waals surface area contributed by atoms with E-state index in [1.807, 2.05) is 0 Å². The van der Waals surface area contributed by atoms with Crippen molar-refractivity contribution < 1.29 is 0 Å². The monoisotopic (exact) mass is 137 g/mol. The van der Waals surface area contributed by atoms with Crippen LogP contribution in [0.1, 0.15) is 38.5 Å². The van der Waals surface area contributed by atoms with Gasteiger partial charge in [0.15, 0.2) is 0 Å². The summed E-state index contributed by atoms with van der Waals surface area (Å²) in [5.74, 6) is 1.40. The predicted molar refractivity (Wildman–Crippen MR) is 42.4 cm³/mol. The molecule has 1 N–H and O–H groups in total. The zero-order valence-electron chi connectivity index (χ0n) is 6.40. The van der Waals surface area contributed by atoms with E-state index in [9.17, 15) is 0 Å². The molecule has 0 unspecified atom stereocenters. The summed E-state index contributed by atoms with van der Waals surface area (Å²) in [5, 5.41) is 7.80. The Balaban J connectivity index is 2.12. The third-order valence-electron chi connectivity index (χ3n) is 3.09. The second kappa shape index (κ2) is 2.37. The first kappa shape index (κ1) is 6.38. The lowest BCUT2D eigenvalue weighted by molar-refractivity contribution is 0.346. The zero-order valence-corrected chi connectivity index (χ0v) is 6.40. The van der Waals surface area contributed by atoms with Crippen LogP contribution in [-0.4, -0.2) is 5.71 Å². The van der Waals surface area contributed by atoms with Crippen LogP contribution in [0.15, 0.2) is 0 Å². The Kier molecular flexibility index (Phi) is 1.51. The van der Waals surface area contributed by atoms with Gasteiger partial charge < -0.3 is 5.41 Å². The average Bonchev–Trinajstić information content (AvgIpc) is 1.86. The fraction of sp³-hybridized carbons (Fsp3) is 0.889. The van der Waals surface area contributed by atoms with Crippen molar-refractivity contribution >= 4 is 5.71 Å². The van der Waals surface area contributed by atoms with Gasteiger partial charge in [-0.3, -0.25) is 0 Å². The third kappa shape index (κ3) is 0.882. The quantitative estimate of drug-likeness (QED) is 0.530. The van der Waals surface area contributed by atoms with E-state index in [1.54, 1.807) is 0 Å². The molecule has 2 saturated carbocycles. The largest absolute Gasteiger partial charge is 0.309 e. The molecule has 1 heteroatoms. The molecule has 2 aliphatic rings. The number of nitrogens with one attached hydrogen (secondary N) is 1. The smallest absolute Gasteiger partial charge is 0.0151 e. The zero-order chi connectivity index (χ0) is 6.97. The molecule has 0 atom stereocenters. The van der Waals surface area contributed by atoms with Gasteiger partial charge in [-0.1, -0.05) is 12.8 Å². The van der Waals surface area contributed by atoms with E-state index in [4.69, 9.17) is 5.41 Å². The van der Waals surface area contributed by atoms with Crippen LogP contribution >= 0.6 is 0 Å². The van der Waals surface area contributed by atoms with Crippen molar-refractivity contribution in [2.45, 2.75) is 38.5 Å². The van der Waals surface area contributed by atoms with Crippen molar-refractivity contribution in [1.82, 2.24) is 0 Å². The highest BCUT2D eigenvalue weighted by molar-refractivity contribution is 5.87. The summed E-state index contributed by atoms with van der Waals surface area (Å²) >= 11 is 0. The molecule has 2 rings (SSSR count). The summed E-state index contributed by atoms with van der Waals surface area (Å²) in [6, 6.07) is 0. The lowest BCUT2D eigenvalue weighted by atomic mass is 9.71.